The topological polar surface area (TPSA) is 12.5 Å². The highest BCUT2D eigenvalue weighted by atomic mass is 35.5. The van der Waals surface area contributed by atoms with E-state index < -0.39 is 0 Å². The van der Waals surface area contributed by atoms with Crippen molar-refractivity contribution >= 4 is 11.6 Å². The summed E-state index contributed by atoms with van der Waals surface area (Å²) < 4.78 is 4.47. The summed E-state index contributed by atoms with van der Waals surface area (Å²) >= 11 is 5.16. The van der Waals surface area contributed by atoms with E-state index in [0.717, 1.165) is 6.61 Å². The van der Waals surface area contributed by atoms with E-state index in [1.165, 1.54) is 0 Å². The summed E-state index contributed by atoms with van der Waals surface area (Å²) in [5, 5.41) is 0. The molecule has 2 heteroatoms. The van der Waals surface area contributed by atoms with Gasteiger partial charge in [0.05, 0.1) is 6.61 Å². The molecule has 1 aliphatic heterocycles. The average Bonchev–Trinajstić information content (AvgIpc) is 1.75. The molecule has 0 aromatic carbocycles. The van der Waals surface area contributed by atoms with Crippen LogP contribution >= 0.6 is 11.6 Å². The summed E-state index contributed by atoms with van der Waals surface area (Å²) in [4.78, 5) is 0. The van der Waals surface area contributed by atoms with Crippen molar-refractivity contribution < 1.29 is 4.74 Å². The van der Waals surface area contributed by atoms with Crippen LogP contribution < -0.4 is 0 Å². The van der Waals surface area contributed by atoms with Gasteiger partial charge in [0.1, 0.15) is 0 Å². The molecule has 0 aromatic heterocycles. The minimum atomic E-state index is 0.0556. The lowest BCUT2D eigenvalue weighted by Crippen LogP contribution is -1.51. The third-order valence-corrected chi connectivity index (χ3v) is 0.545. The zero-order valence-electron chi connectivity index (χ0n) is 2.07. The molecule has 1 atom stereocenters. The second-order valence-electron chi connectivity index (χ2n) is 0.743. The number of ether oxygens (including phenoxy) is 1. The van der Waals surface area contributed by atoms with Crippen molar-refractivity contribution in [3.63, 3.8) is 0 Å². The van der Waals surface area contributed by atoms with Crippen molar-refractivity contribution in [2.75, 3.05) is 6.61 Å². The lowest BCUT2D eigenvalue weighted by molar-refractivity contribution is 0.457. The molecule has 0 spiro atoms. The Labute approximate surface area is 29.5 Å². The van der Waals surface area contributed by atoms with Gasteiger partial charge in [-0.15, -0.1) is 0 Å². The van der Waals surface area contributed by atoms with E-state index in [1.807, 2.05) is 0 Å². The predicted molar refractivity (Wildman–Crippen MR) is 15.6 cm³/mol. The molecular formula is C2H3ClO. The van der Waals surface area contributed by atoms with Crippen LogP contribution in [0.15, 0.2) is 0 Å². The Morgan fingerprint density at radius 3 is 2.25 bits per heavy atom. The van der Waals surface area contributed by atoms with E-state index in [9.17, 15) is 0 Å². The van der Waals surface area contributed by atoms with Crippen LogP contribution in [0.25, 0.3) is 0 Å². The van der Waals surface area contributed by atoms with E-state index in [2.05, 4.69) is 4.74 Å². The van der Waals surface area contributed by atoms with E-state index in [1.54, 1.807) is 0 Å². The van der Waals surface area contributed by atoms with E-state index in [-0.39, 0.29) is 5.56 Å². The molecule has 1 aliphatic rings. The summed E-state index contributed by atoms with van der Waals surface area (Å²) in [5.74, 6) is 0. The van der Waals surface area contributed by atoms with Crippen LogP contribution in [-0.2, 0) is 4.74 Å². The molecule has 1 saturated heterocycles. The summed E-state index contributed by atoms with van der Waals surface area (Å²) in [6, 6.07) is 0. The van der Waals surface area contributed by atoms with Crippen LogP contribution in [0.4, 0.5) is 0 Å². The normalized spacial score (nSPS) is 39.8. The monoisotopic (exact) mass is 78.0 g/mol. The molecule has 1 rings (SSSR count). The quantitative estimate of drug-likeness (QED) is 0.305. The van der Waals surface area contributed by atoms with Gasteiger partial charge in [-0.3, -0.25) is 0 Å². The highest BCUT2D eigenvalue weighted by Crippen LogP contribution is 2.11. The molecule has 1 heterocycles. The van der Waals surface area contributed by atoms with Crippen LogP contribution in [0.5, 0.6) is 0 Å². The van der Waals surface area contributed by atoms with Gasteiger partial charge in [0.2, 0.25) is 0 Å². The van der Waals surface area contributed by atoms with Crippen LogP contribution in [-0.4, -0.2) is 12.2 Å². The maximum absolute atomic E-state index is 5.16. The first kappa shape index (κ1) is 2.49. The maximum Gasteiger partial charge on any atom is 0.154 e. The minimum absolute atomic E-state index is 0.0556. The number of rotatable bonds is 0. The first-order valence-electron chi connectivity index (χ1n) is 1.15. The average molecular weight is 78.5 g/mol. The van der Waals surface area contributed by atoms with E-state index in [0.29, 0.717) is 0 Å². The zero-order chi connectivity index (χ0) is 2.99. The first-order chi connectivity index (χ1) is 1.89. The Bertz CT molecular complexity index is 25.2. The molecule has 0 bridgehead atoms. The Hall–Kier alpha value is 0.250. The zero-order valence-corrected chi connectivity index (χ0v) is 2.83. The lowest BCUT2D eigenvalue weighted by atomic mass is 11.0. The lowest BCUT2D eigenvalue weighted by Gasteiger charge is -1.48. The van der Waals surface area contributed by atoms with Gasteiger partial charge in [-0.1, -0.05) is 11.6 Å². The molecular weight excluding hydrogens is 75.5 g/mol. The molecule has 0 aliphatic carbocycles. The molecule has 1 nitrogen and oxygen atoms in total. The molecule has 0 unspecified atom stereocenters. The third kappa shape index (κ3) is 0.333. The highest BCUT2D eigenvalue weighted by Gasteiger charge is 2.16. The van der Waals surface area contributed by atoms with Gasteiger partial charge in [0.25, 0.3) is 0 Å². The third-order valence-electron chi connectivity index (χ3n) is 0.293. The molecule has 0 N–H and O–H groups in total. The molecule has 4 heavy (non-hydrogen) atoms. The second kappa shape index (κ2) is 0.597. The Morgan fingerprint density at radius 1 is 2.00 bits per heavy atom. The largest absolute Gasteiger partial charge is 0.356 e. The van der Waals surface area contributed by atoms with Gasteiger partial charge in [0.15, 0.2) is 5.56 Å². The fourth-order valence-electron chi connectivity index (χ4n) is 0.0364. The maximum atomic E-state index is 5.16. The van der Waals surface area contributed by atoms with Crippen LogP contribution in [0.2, 0.25) is 0 Å². The van der Waals surface area contributed by atoms with Gasteiger partial charge in [-0.25, -0.2) is 0 Å². The summed E-state index contributed by atoms with van der Waals surface area (Å²) in [7, 11) is 0. The molecule has 0 radical (unpaired) electrons. The van der Waals surface area contributed by atoms with Crippen molar-refractivity contribution in [3.05, 3.63) is 0 Å². The molecule has 24 valence electrons. The highest BCUT2D eigenvalue weighted by molar-refractivity contribution is 6.21. The van der Waals surface area contributed by atoms with Crippen molar-refractivity contribution in [2.24, 2.45) is 0 Å². The molecule has 0 saturated carbocycles. The number of hydrogen-bond acceptors (Lipinski definition) is 1. The Balaban J connectivity index is 2.17. The van der Waals surface area contributed by atoms with Gasteiger partial charge in [-0.05, 0) is 0 Å². The number of halogens is 1. The number of epoxide rings is 1. The fourth-order valence-corrected chi connectivity index (χ4v) is 0.109. The predicted octanol–water partition coefficient (Wildman–Crippen LogP) is 0.582. The standard InChI is InChI=1S/C2H3ClO/c3-2-1-4-2/h2H,1H2/t2-/m0/s1. The summed E-state index contributed by atoms with van der Waals surface area (Å²) in [6.45, 7) is 0.752. The summed E-state index contributed by atoms with van der Waals surface area (Å²) in [6.07, 6.45) is 0. The van der Waals surface area contributed by atoms with E-state index in [4.69, 9.17) is 11.6 Å². The minimum Gasteiger partial charge on any atom is -0.356 e. The van der Waals surface area contributed by atoms with Gasteiger partial charge in [0, 0.05) is 0 Å². The van der Waals surface area contributed by atoms with Crippen molar-refractivity contribution in [2.45, 2.75) is 5.56 Å². The van der Waals surface area contributed by atoms with Crippen LogP contribution in [0.3, 0.4) is 0 Å². The number of hydrogen-bond donors (Lipinski definition) is 0. The fraction of sp³-hybridized carbons (Fsp3) is 1.00. The van der Waals surface area contributed by atoms with E-state index >= 15 is 0 Å². The molecule has 0 amide bonds. The summed E-state index contributed by atoms with van der Waals surface area (Å²) in [5.41, 5.74) is 0.0556. The van der Waals surface area contributed by atoms with Crippen molar-refractivity contribution in [1.82, 2.24) is 0 Å². The molecule has 0 aromatic rings. The number of alkyl halides is 1. The van der Waals surface area contributed by atoms with Crippen LogP contribution in [0, 0.1) is 0 Å². The van der Waals surface area contributed by atoms with Gasteiger partial charge >= 0.3 is 0 Å². The smallest absolute Gasteiger partial charge is 0.154 e. The Kier molecular flexibility index (Phi) is 0.371. The molecule has 1 fully saturated rings. The van der Waals surface area contributed by atoms with Crippen molar-refractivity contribution in [1.29, 1.82) is 0 Å². The van der Waals surface area contributed by atoms with Gasteiger partial charge < -0.3 is 4.74 Å². The first-order valence-corrected chi connectivity index (χ1v) is 1.59. The SMILES string of the molecule is Cl[C@@H]1CO1. The van der Waals surface area contributed by atoms with Gasteiger partial charge in [-0.2, -0.15) is 0 Å². The second-order valence-corrected chi connectivity index (χ2v) is 1.23. The van der Waals surface area contributed by atoms with Crippen LogP contribution in [0.1, 0.15) is 0 Å². The van der Waals surface area contributed by atoms with Crippen molar-refractivity contribution in [3.8, 4) is 0 Å². The Morgan fingerprint density at radius 2 is 2.25 bits per heavy atom.